The lowest BCUT2D eigenvalue weighted by molar-refractivity contribution is 0.112. The Morgan fingerprint density at radius 2 is 2.19 bits per heavy atom. The Hall–Kier alpha value is -1.56. The second-order valence-electron chi connectivity index (χ2n) is 6.14. The minimum atomic E-state index is -0.404. The van der Waals surface area contributed by atoms with Crippen LogP contribution in [0.25, 0.3) is 0 Å². The minimum absolute atomic E-state index is 0.0187. The fraction of sp³-hybridized carbons (Fsp3) is 0.733. The number of carbonyl (C=O) groups is 1. The Kier molecular flexibility index (Phi) is 4.88. The van der Waals surface area contributed by atoms with E-state index in [1.54, 1.807) is 11.9 Å². The molecule has 118 valence electrons. The Morgan fingerprint density at radius 3 is 2.71 bits per heavy atom. The molecule has 1 fully saturated rings. The number of nitrogens with one attached hydrogen (secondary N) is 1. The first-order valence-corrected chi connectivity index (χ1v) is 7.50. The van der Waals surface area contributed by atoms with Gasteiger partial charge in [0.05, 0.1) is 11.8 Å². The zero-order chi connectivity index (χ0) is 15.6. The first-order chi connectivity index (χ1) is 9.88. The molecule has 1 aromatic heterocycles. The molecule has 1 saturated carbocycles. The quantitative estimate of drug-likeness (QED) is 0.836. The zero-order valence-corrected chi connectivity index (χ0v) is 13.2. The van der Waals surface area contributed by atoms with Crippen molar-refractivity contribution in [1.29, 1.82) is 0 Å². The Labute approximate surface area is 125 Å². The molecular formula is C15H25N3O3. The van der Waals surface area contributed by atoms with Gasteiger partial charge in [-0.2, -0.15) is 0 Å². The minimum Gasteiger partial charge on any atom is -0.391 e. The summed E-state index contributed by atoms with van der Waals surface area (Å²) in [5, 5.41) is 16.7. The number of carbonyl (C=O) groups excluding carboxylic acids is 1. The van der Waals surface area contributed by atoms with E-state index in [0.717, 1.165) is 29.9 Å². The second kappa shape index (κ2) is 6.47. The van der Waals surface area contributed by atoms with E-state index in [-0.39, 0.29) is 12.1 Å². The smallest absolute Gasteiger partial charge is 0.317 e. The third kappa shape index (κ3) is 4.20. The number of likely N-dealkylation sites (N-methyl/N-ethyl adjacent to an activating group) is 1. The van der Waals surface area contributed by atoms with Crippen LogP contribution in [-0.4, -0.2) is 46.9 Å². The van der Waals surface area contributed by atoms with Gasteiger partial charge in [-0.3, -0.25) is 0 Å². The van der Waals surface area contributed by atoms with Crippen molar-refractivity contribution in [2.75, 3.05) is 13.6 Å². The Morgan fingerprint density at radius 1 is 1.52 bits per heavy atom. The highest BCUT2D eigenvalue weighted by atomic mass is 16.5. The predicted molar refractivity (Wildman–Crippen MR) is 79.0 cm³/mol. The molecule has 0 saturated heterocycles. The van der Waals surface area contributed by atoms with Crippen molar-refractivity contribution in [3.05, 3.63) is 17.0 Å². The van der Waals surface area contributed by atoms with Crippen molar-refractivity contribution in [2.45, 2.75) is 52.2 Å². The van der Waals surface area contributed by atoms with Gasteiger partial charge in [0.15, 0.2) is 0 Å². The average Bonchev–Trinajstić information content (AvgIpc) is 3.21. The molecular weight excluding hydrogens is 270 g/mol. The molecule has 1 aliphatic carbocycles. The molecule has 1 aromatic rings. The van der Waals surface area contributed by atoms with Gasteiger partial charge < -0.3 is 19.8 Å². The van der Waals surface area contributed by atoms with E-state index in [1.165, 1.54) is 0 Å². The summed E-state index contributed by atoms with van der Waals surface area (Å²) in [4.78, 5) is 13.6. The summed E-state index contributed by atoms with van der Waals surface area (Å²) in [6.07, 6.45) is 2.42. The Bertz CT molecular complexity index is 477. The molecule has 0 bridgehead atoms. The molecule has 2 amide bonds. The van der Waals surface area contributed by atoms with E-state index >= 15 is 0 Å². The van der Waals surface area contributed by atoms with Crippen molar-refractivity contribution in [2.24, 2.45) is 5.92 Å². The topological polar surface area (TPSA) is 78.6 Å². The van der Waals surface area contributed by atoms with Crippen LogP contribution in [-0.2, 0) is 6.42 Å². The number of aliphatic hydroxyl groups is 1. The van der Waals surface area contributed by atoms with Gasteiger partial charge in [0.2, 0.25) is 0 Å². The molecule has 0 spiro atoms. The number of nitrogens with zero attached hydrogens (tertiary/aromatic N) is 2. The number of urea groups is 1. The van der Waals surface area contributed by atoms with E-state index in [2.05, 4.69) is 10.5 Å². The summed E-state index contributed by atoms with van der Waals surface area (Å²) >= 11 is 0. The van der Waals surface area contributed by atoms with Gasteiger partial charge in [-0.1, -0.05) is 5.16 Å². The highest BCUT2D eigenvalue weighted by Crippen LogP contribution is 2.32. The summed E-state index contributed by atoms with van der Waals surface area (Å²) in [6.45, 7) is 6.12. The number of rotatable bonds is 6. The van der Waals surface area contributed by atoms with Gasteiger partial charge in [-0.15, -0.1) is 0 Å². The van der Waals surface area contributed by atoms with Gasteiger partial charge in [0.25, 0.3) is 0 Å². The number of amides is 2. The standard InChI is InChI=1S/C15H25N3O3/c1-9(7-13-10(2)17-21-11(13)3)16-15(20)18(4)8-14(19)12-5-6-12/h9,12,14,19H,5-8H2,1-4H3,(H,16,20). The average molecular weight is 295 g/mol. The maximum atomic E-state index is 12.1. The predicted octanol–water partition coefficient (Wildman–Crippen LogP) is 1.63. The lowest BCUT2D eigenvalue weighted by Gasteiger charge is -2.23. The largest absolute Gasteiger partial charge is 0.391 e. The van der Waals surface area contributed by atoms with Gasteiger partial charge in [-0.25, -0.2) is 4.79 Å². The summed E-state index contributed by atoms with van der Waals surface area (Å²) in [6, 6.07) is -0.177. The number of hydrogen-bond donors (Lipinski definition) is 2. The molecule has 2 atom stereocenters. The van der Waals surface area contributed by atoms with Crippen LogP contribution in [0.4, 0.5) is 4.79 Å². The summed E-state index contributed by atoms with van der Waals surface area (Å²) in [7, 11) is 1.71. The van der Waals surface area contributed by atoms with Crippen LogP contribution in [0.2, 0.25) is 0 Å². The van der Waals surface area contributed by atoms with Crippen molar-refractivity contribution < 1.29 is 14.4 Å². The number of aromatic nitrogens is 1. The molecule has 2 unspecified atom stereocenters. The molecule has 0 aromatic carbocycles. The SMILES string of the molecule is Cc1noc(C)c1CC(C)NC(=O)N(C)CC(O)C1CC1. The normalized spacial score (nSPS) is 17.4. The van der Waals surface area contributed by atoms with Crippen LogP contribution in [0.5, 0.6) is 0 Å². The van der Waals surface area contributed by atoms with Crippen LogP contribution < -0.4 is 5.32 Å². The maximum Gasteiger partial charge on any atom is 0.317 e. The van der Waals surface area contributed by atoms with Crippen LogP contribution in [0, 0.1) is 19.8 Å². The van der Waals surface area contributed by atoms with Gasteiger partial charge in [0, 0.05) is 25.2 Å². The van der Waals surface area contributed by atoms with Gasteiger partial charge in [-0.05, 0) is 46.0 Å². The van der Waals surface area contributed by atoms with Gasteiger partial charge >= 0.3 is 6.03 Å². The molecule has 0 aliphatic heterocycles. The third-order valence-corrected chi connectivity index (χ3v) is 4.04. The summed E-state index contributed by atoms with van der Waals surface area (Å²) in [5.41, 5.74) is 1.91. The summed E-state index contributed by atoms with van der Waals surface area (Å²) in [5.74, 6) is 1.17. The maximum absolute atomic E-state index is 12.1. The Balaban J connectivity index is 1.81. The van der Waals surface area contributed by atoms with E-state index in [0.29, 0.717) is 18.9 Å². The second-order valence-corrected chi connectivity index (χ2v) is 6.14. The molecule has 21 heavy (non-hydrogen) atoms. The summed E-state index contributed by atoms with van der Waals surface area (Å²) < 4.78 is 5.13. The number of aliphatic hydroxyl groups excluding tert-OH is 1. The molecule has 6 heteroatoms. The first-order valence-electron chi connectivity index (χ1n) is 7.50. The van der Waals surface area contributed by atoms with E-state index in [1.807, 2.05) is 20.8 Å². The number of aryl methyl sites for hydroxylation is 2. The molecule has 2 rings (SSSR count). The lowest BCUT2D eigenvalue weighted by Crippen LogP contribution is -2.45. The van der Waals surface area contributed by atoms with E-state index < -0.39 is 6.10 Å². The van der Waals surface area contributed by atoms with E-state index in [4.69, 9.17) is 4.52 Å². The fourth-order valence-corrected chi connectivity index (χ4v) is 2.47. The van der Waals surface area contributed by atoms with Crippen molar-refractivity contribution in [3.63, 3.8) is 0 Å². The van der Waals surface area contributed by atoms with Crippen molar-refractivity contribution in [3.8, 4) is 0 Å². The molecule has 0 radical (unpaired) electrons. The monoisotopic (exact) mass is 295 g/mol. The van der Waals surface area contributed by atoms with Crippen LogP contribution in [0.1, 0.15) is 36.8 Å². The molecule has 1 aliphatic rings. The fourth-order valence-electron chi connectivity index (χ4n) is 2.47. The number of hydrogen-bond acceptors (Lipinski definition) is 4. The lowest BCUT2D eigenvalue weighted by atomic mass is 10.1. The molecule has 6 nitrogen and oxygen atoms in total. The van der Waals surface area contributed by atoms with Gasteiger partial charge in [0.1, 0.15) is 5.76 Å². The van der Waals surface area contributed by atoms with Crippen LogP contribution in [0.15, 0.2) is 4.52 Å². The van der Waals surface area contributed by atoms with E-state index in [9.17, 15) is 9.90 Å². The third-order valence-electron chi connectivity index (χ3n) is 4.04. The highest BCUT2D eigenvalue weighted by molar-refractivity contribution is 5.74. The zero-order valence-electron chi connectivity index (χ0n) is 13.2. The molecule has 1 heterocycles. The highest BCUT2D eigenvalue weighted by Gasteiger charge is 2.31. The van der Waals surface area contributed by atoms with Crippen LogP contribution in [0.3, 0.4) is 0 Å². The first kappa shape index (κ1) is 15.8. The molecule has 2 N–H and O–H groups in total. The van der Waals surface area contributed by atoms with Crippen molar-refractivity contribution in [1.82, 2.24) is 15.4 Å². The van der Waals surface area contributed by atoms with Crippen molar-refractivity contribution >= 4 is 6.03 Å². The van der Waals surface area contributed by atoms with Crippen LogP contribution >= 0.6 is 0 Å².